The van der Waals surface area contributed by atoms with E-state index in [2.05, 4.69) is 15.6 Å². The van der Waals surface area contributed by atoms with Gasteiger partial charge in [0.05, 0.1) is 22.8 Å². The van der Waals surface area contributed by atoms with E-state index in [1.807, 2.05) is 6.07 Å². The molecular weight excluding hydrogens is 440 g/mol. The van der Waals surface area contributed by atoms with Crippen LogP contribution in [0.1, 0.15) is 18.4 Å². The lowest BCUT2D eigenvalue weighted by molar-refractivity contribution is -0.0579. The van der Waals surface area contributed by atoms with Crippen LogP contribution in [0.3, 0.4) is 0 Å². The van der Waals surface area contributed by atoms with E-state index in [9.17, 15) is 13.6 Å². The number of halogens is 3. The van der Waals surface area contributed by atoms with Crippen LogP contribution in [0.5, 0.6) is 5.75 Å². The number of aryl methyl sites for hydroxylation is 1. The summed E-state index contributed by atoms with van der Waals surface area (Å²) in [7, 11) is 1.57. The van der Waals surface area contributed by atoms with Gasteiger partial charge in [0.15, 0.2) is 6.61 Å². The van der Waals surface area contributed by atoms with E-state index in [0.29, 0.717) is 35.2 Å². The molecule has 2 aromatic heterocycles. The molecule has 0 radical (unpaired) electrons. The van der Waals surface area contributed by atoms with E-state index >= 15 is 0 Å². The molecule has 1 atom stereocenters. The molecule has 2 aliphatic rings. The topological polar surface area (TPSA) is 92.0 Å². The lowest BCUT2D eigenvalue weighted by atomic mass is 10.0. The van der Waals surface area contributed by atoms with Gasteiger partial charge in [0.2, 0.25) is 5.75 Å². The Morgan fingerprint density at radius 3 is 2.81 bits per heavy atom. The number of benzene rings is 1. The molecule has 164 valence electrons. The predicted octanol–water partition coefficient (Wildman–Crippen LogP) is 4.42. The van der Waals surface area contributed by atoms with Gasteiger partial charge in [0.25, 0.3) is 5.56 Å². The van der Waals surface area contributed by atoms with E-state index < -0.39 is 24.1 Å². The number of nitrogens with one attached hydrogen (secondary N) is 2. The molecule has 0 saturated heterocycles. The summed E-state index contributed by atoms with van der Waals surface area (Å²) in [6.45, 7) is -0.847. The van der Waals surface area contributed by atoms with Gasteiger partial charge in [-0.05, 0) is 49.1 Å². The van der Waals surface area contributed by atoms with E-state index in [4.69, 9.17) is 21.6 Å². The van der Waals surface area contributed by atoms with Crippen molar-refractivity contribution in [1.29, 1.82) is 5.26 Å². The molecule has 3 heterocycles. The summed E-state index contributed by atoms with van der Waals surface area (Å²) < 4.78 is 36.2. The zero-order chi connectivity index (χ0) is 22.6. The molecule has 1 aromatic carbocycles. The third-order valence-corrected chi connectivity index (χ3v) is 6.14. The Morgan fingerprint density at radius 1 is 1.34 bits per heavy atom. The molecular formula is C22H18ClF2N5O2. The van der Waals surface area contributed by atoms with Crippen LogP contribution >= 0.6 is 11.6 Å². The number of hydrogen-bond donors (Lipinski definition) is 2. The van der Waals surface area contributed by atoms with Gasteiger partial charge in [-0.2, -0.15) is 5.26 Å². The number of alkyl halides is 2. The summed E-state index contributed by atoms with van der Waals surface area (Å²) in [5.41, 5.74) is 1.22. The van der Waals surface area contributed by atoms with Crippen LogP contribution in [0.2, 0.25) is 5.15 Å². The second kappa shape index (κ2) is 7.35. The molecule has 10 heteroatoms. The summed E-state index contributed by atoms with van der Waals surface area (Å²) in [5, 5.41) is 15.7. The maximum Gasteiger partial charge on any atom is 0.301 e. The highest BCUT2D eigenvalue weighted by Crippen LogP contribution is 2.45. The summed E-state index contributed by atoms with van der Waals surface area (Å²) in [5.74, 6) is -2.96. The standard InChI is InChI=1S/C22H18ClF2N5O2/c1-30-15-6-5-13(27-16-7-4-12(9-26)20(23)28-16)8-14(15)17-18(21(30)31)32-10-22(24,25)19(29-17)11-2-3-11/h4-8,11,19,29H,2-3,10H2,1H3,(H,27,28)/t19-/m0/s1. The zero-order valence-corrected chi connectivity index (χ0v) is 17.7. The summed E-state index contributed by atoms with van der Waals surface area (Å²) in [6, 6.07) is 9.21. The minimum atomic E-state index is -3.10. The van der Waals surface area contributed by atoms with Gasteiger partial charge < -0.3 is 19.9 Å². The first kappa shape index (κ1) is 20.5. The molecule has 2 N–H and O–H groups in total. The van der Waals surface area contributed by atoms with Crippen LogP contribution in [-0.4, -0.2) is 28.1 Å². The fraction of sp³-hybridized carbons (Fsp3) is 0.318. The molecule has 32 heavy (non-hydrogen) atoms. The van der Waals surface area contributed by atoms with Gasteiger partial charge in [0.1, 0.15) is 17.0 Å². The summed E-state index contributed by atoms with van der Waals surface area (Å²) in [4.78, 5) is 17.0. The lowest BCUT2D eigenvalue weighted by Crippen LogP contribution is -2.44. The molecule has 1 aliphatic carbocycles. The van der Waals surface area contributed by atoms with Crippen molar-refractivity contribution in [3.05, 3.63) is 51.4 Å². The number of rotatable bonds is 3. The van der Waals surface area contributed by atoms with Crippen molar-refractivity contribution in [1.82, 2.24) is 9.55 Å². The first-order chi connectivity index (χ1) is 15.3. The van der Waals surface area contributed by atoms with Crippen molar-refractivity contribution in [2.75, 3.05) is 17.2 Å². The monoisotopic (exact) mass is 457 g/mol. The Balaban J connectivity index is 1.61. The highest BCUT2D eigenvalue weighted by atomic mass is 35.5. The number of hydrogen-bond acceptors (Lipinski definition) is 6. The average Bonchev–Trinajstić information content (AvgIpc) is 3.59. The molecule has 1 fully saturated rings. The van der Waals surface area contributed by atoms with E-state index in [0.717, 1.165) is 0 Å². The SMILES string of the molecule is Cn1c(=O)c2c(c3cc(Nc4ccc(C#N)c(Cl)n4)ccc31)N[C@@H](C1CC1)C(F)(F)CO2. The van der Waals surface area contributed by atoms with Gasteiger partial charge in [-0.15, -0.1) is 0 Å². The molecule has 1 aliphatic heterocycles. The Bertz CT molecular complexity index is 1350. The highest BCUT2D eigenvalue weighted by Gasteiger charge is 2.51. The molecule has 1 saturated carbocycles. The van der Waals surface area contributed by atoms with Crippen molar-refractivity contribution < 1.29 is 13.5 Å². The molecule has 7 nitrogen and oxygen atoms in total. The Kier molecular flexibility index (Phi) is 4.71. The van der Waals surface area contributed by atoms with Crippen LogP contribution < -0.4 is 20.9 Å². The van der Waals surface area contributed by atoms with Gasteiger partial charge in [-0.3, -0.25) is 4.79 Å². The number of nitrogens with zero attached hydrogens (tertiary/aromatic N) is 3. The Labute approximate surface area is 186 Å². The smallest absolute Gasteiger partial charge is 0.301 e. The average molecular weight is 458 g/mol. The number of ether oxygens (including phenoxy) is 1. The number of pyridine rings is 2. The van der Waals surface area contributed by atoms with Crippen molar-refractivity contribution in [3.63, 3.8) is 0 Å². The molecule has 0 bridgehead atoms. The molecule has 0 spiro atoms. The highest BCUT2D eigenvalue weighted by molar-refractivity contribution is 6.30. The van der Waals surface area contributed by atoms with Crippen molar-refractivity contribution in [2.24, 2.45) is 13.0 Å². The third-order valence-electron chi connectivity index (χ3n) is 5.85. The molecule has 5 rings (SSSR count). The van der Waals surface area contributed by atoms with Crippen LogP contribution in [-0.2, 0) is 7.05 Å². The van der Waals surface area contributed by atoms with Crippen molar-refractivity contribution >= 4 is 39.7 Å². The van der Waals surface area contributed by atoms with Crippen molar-refractivity contribution in [2.45, 2.75) is 24.8 Å². The predicted molar refractivity (Wildman–Crippen MR) is 117 cm³/mol. The number of fused-ring (bicyclic) bond motifs is 3. The van der Waals surface area contributed by atoms with E-state index in [-0.39, 0.29) is 28.1 Å². The minimum absolute atomic E-state index is 0.0686. The van der Waals surface area contributed by atoms with Gasteiger partial charge in [0, 0.05) is 18.1 Å². The van der Waals surface area contributed by atoms with Crippen LogP contribution in [0.4, 0.5) is 26.0 Å². The molecule has 0 unspecified atom stereocenters. The fourth-order valence-electron chi connectivity index (χ4n) is 4.02. The first-order valence-corrected chi connectivity index (χ1v) is 10.4. The van der Waals surface area contributed by atoms with Crippen LogP contribution in [0, 0.1) is 17.2 Å². The van der Waals surface area contributed by atoms with Crippen LogP contribution in [0.25, 0.3) is 10.9 Å². The summed E-state index contributed by atoms with van der Waals surface area (Å²) >= 11 is 6.01. The minimum Gasteiger partial charge on any atom is -0.480 e. The Morgan fingerprint density at radius 2 is 2.12 bits per heavy atom. The number of nitriles is 1. The second-order valence-electron chi connectivity index (χ2n) is 8.08. The van der Waals surface area contributed by atoms with Crippen LogP contribution in [0.15, 0.2) is 35.1 Å². The van der Waals surface area contributed by atoms with Crippen molar-refractivity contribution in [3.8, 4) is 11.8 Å². The fourth-order valence-corrected chi connectivity index (χ4v) is 4.22. The zero-order valence-electron chi connectivity index (χ0n) is 17.0. The quantitative estimate of drug-likeness (QED) is 0.566. The normalized spacial score (nSPS) is 19.3. The Hall–Kier alpha value is -3.38. The number of aromatic nitrogens is 2. The maximum atomic E-state index is 14.7. The van der Waals surface area contributed by atoms with Gasteiger partial charge >= 0.3 is 5.92 Å². The van der Waals surface area contributed by atoms with Gasteiger partial charge in [-0.25, -0.2) is 13.8 Å². The lowest BCUT2D eigenvalue weighted by Gasteiger charge is -2.25. The van der Waals surface area contributed by atoms with E-state index in [1.165, 1.54) is 4.57 Å². The summed E-state index contributed by atoms with van der Waals surface area (Å²) in [6.07, 6.45) is 1.42. The van der Waals surface area contributed by atoms with Gasteiger partial charge in [-0.1, -0.05) is 11.6 Å². The maximum absolute atomic E-state index is 14.7. The first-order valence-electron chi connectivity index (χ1n) is 10.1. The molecule has 0 amide bonds. The third kappa shape index (κ3) is 3.41. The van der Waals surface area contributed by atoms with E-state index in [1.54, 1.807) is 37.4 Å². The molecule has 3 aromatic rings. The number of anilines is 3. The largest absolute Gasteiger partial charge is 0.480 e. The second-order valence-corrected chi connectivity index (χ2v) is 8.44.